The largest absolute Gasteiger partial charge is 0.497 e. The summed E-state index contributed by atoms with van der Waals surface area (Å²) in [5.74, 6) is -0.100. The Morgan fingerprint density at radius 3 is 2.22 bits per heavy atom. The van der Waals surface area contributed by atoms with Crippen molar-refractivity contribution in [3.63, 3.8) is 0 Å². The van der Waals surface area contributed by atoms with E-state index >= 15 is 0 Å². The van der Waals surface area contributed by atoms with Gasteiger partial charge in [0.15, 0.2) is 0 Å². The zero-order valence-corrected chi connectivity index (χ0v) is 19.3. The maximum absolute atomic E-state index is 12.5. The molecule has 2 N–H and O–H groups in total. The number of nitrogens with one attached hydrogen (secondary N) is 2. The van der Waals surface area contributed by atoms with Crippen molar-refractivity contribution in [3.05, 3.63) is 48.0 Å². The normalized spacial score (nSPS) is 11.5. The van der Waals surface area contributed by atoms with E-state index in [1.807, 2.05) is 0 Å². The molecule has 0 aliphatic rings. The van der Waals surface area contributed by atoms with Crippen LogP contribution < -0.4 is 24.5 Å². The van der Waals surface area contributed by atoms with Crippen LogP contribution in [0.2, 0.25) is 0 Å². The highest BCUT2D eigenvalue weighted by atomic mass is 32.2. The predicted molar refractivity (Wildman–Crippen MR) is 123 cm³/mol. The summed E-state index contributed by atoms with van der Waals surface area (Å²) in [5.41, 5.74) is 4.42. The first-order valence-corrected chi connectivity index (χ1v) is 11.3. The van der Waals surface area contributed by atoms with E-state index < -0.39 is 22.5 Å². The first-order chi connectivity index (χ1) is 15.0. The highest BCUT2D eigenvalue weighted by Crippen LogP contribution is 2.33. The molecule has 0 unspecified atom stereocenters. The summed E-state index contributed by atoms with van der Waals surface area (Å²) in [6.45, 7) is 2.60. The molecule has 0 saturated heterocycles. The van der Waals surface area contributed by atoms with Crippen molar-refractivity contribution < 1.29 is 27.5 Å². The zero-order valence-electron chi connectivity index (χ0n) is 18.5. The number of benzene rings is 2. The smallest absolute Gasteiger partial charge is 0.260 e. The van der Waals surface area contributed by atoms with Crippen molar-refractivity contribution in [3.8, 4) is 11.5 Å². The molecular formula is C21H26N4O6S. The second kappa shape index (κ2) is 10.6. The first-order valence-electron chi connectivity index (χ1n) is 9.46. The first kappa shape index (κ1) is 24.7. The van der Waals surface area contributed by atoms with Gasteiger partial charge in [-0.2, -0.15) is 5.10 Å². The molecule has 0 radical (unpaired) electrons. The number of methoxy groups -OCH3 is 2. The van der Waals surface area contributed by atoms with Crippen molar-refractivity contribution in [2.24, 2.45) is 5.10 Å². The van der Waals surface area contributed by atoms with Crippen LogP contribution in [0, 0.1) is 0 Å². The molecular weight excluding hydrogens is 436 g/mol. The van der Waals surface area contributed by atoms with Gasteiger partial charge in [0.05, 0.1) is 31.9 Å². The lowest BCUT2D eigenvalue weighted by Gasteiger charge is -2.23. The number of carbonyl (C=O) groups excluding carboxylic acids is 2. The number of nitrogens with zero attached hydrogens (tertiary/aromatic N) is 2. The van der Waals surface area contributed by atoms with E-state index in [9.17, 15) is 18.0 Å². The van der Waals surface area contributed by atoms with Gasteiger partial charge in [-0.05, 0) is 36.8 Å². The van der Waals surface area contributed by atoms with Crippen molar-refractivity contribution in [2.45, 2.75) is 13.8 Å². The molecule has 0 aliphatic carbocycles. The standard InChI is InChI=1S/C21H26N4O6S/c1-14(16-6-8-17(9-7-16)22-15(2)26)23-24-21(27)13-25(32(5,28)29)19-11-10-18(30-3)12-20(19)31-4/h6-12H,13H2,1-5H3,(H,22,26)(H,24,27)/b23-14-. The summed E-state index contributed by atoms with van der Waals surface area (Å²) in [5, 5.41) is 6.70. The van der Waals surface area contributed by atoms with Gasteiger partial charge >= 0.3 is 0 Å². The van der Waals surface area contributed by atoms with Crippen LogP contribution in [0.1, 0.15) is 19.4 Å². The molecule has 0 atom stereocenters. The number of anilines is 2. The van der Waals surface area contributed by atoms with Crippen LogP contribution in [0.4, 0.5) is 11.4 Å². The van der Waals surface area contributed by atoms with Crippen molar-refractivity contribution in [2.75, 3.05) is 36.6 Å². The van der Waals surface area contributed by atoms with E-state index in [0.717, 1.165) is 16.1 Å². The number of hydrogen-bond donors (Lipinski definition) is 2. The van der Waals surface area contributed by atoms with Crippen LogP contribution in [0.5, 0.6) is 11.5 Å². The minimum atomic E-state index is -3.80. The fourth-order valence-corrected chi connectivity index (χ4v) is 3.61. The maximum Gasteiger partial charge on any atom is 0.260 e. The van der Waals surface area contributed by atoms with Crippen LogP contribution in [0.15, 0.2) is 47.6 Å². The maximum atomic E-state index is 12.5. The molecule has 0 heterocycles. The van der Waals surface area contributed by atoms with E-state index in [-0.39, 0.29) is 17.3 Å². The Bertz CT molecular complexity index is 1110. The Labute approximate surface area is 187 Å². The quantitative estimate of drug-likeness (QED) is 0.433. The molecule has 10 nitrogen and oxygen atoms in total. The summed E-state index contributed by atoms with van der Waals surface area (Å²) < 4.78 is 36.0. The Balaban J connectivity index is 2.17. The Morgan fingerprint density at radius 1 is 1.03 bits per heavy atom. The SMILES string of the molecule is COc1ccc(N(CC(=O)N/N=C(/C)c2ccc(NC(C)=O)cc2)S(C)(=O)=O)c(OC)c1. The van der Waals surface area contributed by atoms with Crippen LogP contribution in [0.3, 0.4) is 0 Å². The van der Waals surface area contributed by atoms with Crippen molar-refractivity contribution >= 4 is 38.9 Å². The molecule has 2 rings (SSSR count). The van der Waals surface area contributed by atoms with E-state index in [1.54, 1.807) is 37.3 Å². The number of hydrogen-bond acceptors (Lipinski definition) is 7. The lowest BCUT2D eigenvalue weighted by Crippen LogP contribution is -2.39. The van der Waals surface area contributed by atoms with Gasteiger partial charge in [0, 0.05) is 18.7 Å². The van der Waals surface area contributed by atoms with Gasteiger partial charge in [-0.3, -0.25) is 13.9 Å². The molecule has 2 amide bonds. The van der Waals surface area contributed by atoms with E-state index in [4.69, 9.17) is 9.47 Å². The summed E-state index contributed by atoms with van der Waals surface area (Å²) in [4.78, 5) is 23.6. The number of hydrazone groups is 1. The molecule has 32 heavy (non-hydrogen) atoms. The summed E-state index contributed by atoms with van der Waals surface area (Å²) in [6, 6.07) is 11.5. The summed E-state index contributed by atoms with van der Waals surface area (Å²) in [7, 11) is -0.933. The molecule has 0 spiro atoms. The van der Waals surface area contributed by atoms with E-state index in [0.29, 0.717) is 17.1 Å². The molecule has 0 aromatic heterocycles. The third kappa shape index (κ3) is 6.71. The molecule has 2 aromatic rings. The topological polar surface area (TPSA) is 126 Å². The number of sulfonamides is 1. The third-order valence-electron chi connectivity index (χ3n) is 4.31. The molecule has 0 aliphatic heterocycles. The van der Waals surface area contributed by atoms with Crippen LogP contribution in [-0.2, 0) is 19.6 Å². The zero-order chi connectivity index (χ0) is 23.9. The molecule has 0 bridgehead atoms. The van der Waals surface area contributed by atoms with Gasteiger partial charge in [-0.1, -0.05) is 12.1 Å². The van der Waals surface area contributed by atoms with Gasteiger partial charge in [0.2, 0.25) is 15.9 Å². The highest BCUT2D eigenvalue weighted by Gasteiger charge is 2.24. The van der Waals surface area contributed by atoms with Crippen LogP contribution >= 0.6 is 0 Å². The number of ether oxygens (including phenoxy) is 2. The second-order valence-electron chi connectivity index (χ2n) is 6.80. The third-order valence-corrected chi connectivity index (χ3v) is 5.44. The fraction of sp³-hybridized carbons (Fsp3) is 0.286. The second-order valence-corrected chi connectivity index (χ2v) is 8.70. The Hall–Kier alpha value is -3.60. The fourth-order valence-electron chi connectivity index (χ4n) is 2.75. The highest BCUT2D eigenvalue weighted by molar-refractivity contribution is 7.92. The summed E-state index contributed by atoms with van der Waals surface area (Å²) >= 11 is 0. The number of carbonyl (C=O) groups is 2. The molecule has 0 fully saturated rings. The number of rotatable bonds is 9. The predicted octanol–water partition coefficient (Wildman–Crippen LogP) is 1.97. The molecule has 172 valence electrons. The van der Waals surface area contributed by atoms with Gasteiger partial charge < -0.3 is 14.8 Å². The lowest BCUT2D eigenvalue weighted by molar-refractivity contribution is -0.119. The van der Waals surface area contributed by atoms with Gasteiger partial charge in [0.1, 0.15) is 18.0 Å². The number of amides is 2. The monoisotopic (exact) mass is 462 g/mol. The summed E-state index contributed by atoms with van der Waals surface area (Å²) in [6.07, 6.45) is 0.995. The van der Waals surface area contributed by atoms with Gasteiger partial charge in [0.25, 0.3) is 5.91 Å². The lowest BCUT2D eigenvalue weighted by atomic mass is 10.1. The van der Waals surface area contributed by atoms with E-state index in [2.05, 4.69) is 15.8 Å². The van der Waals surface area contributed by atoms with Crippen LogP contribution in [0.25, 0.3) is 0 Å². The molecule has 0 saturated carbocycles. The van der Waals surface area contributed by atoms with Gasteiger partial charge in [-0.15, -0.1) is 0 Å². The minimum Gasteiger partial charge on any atom is -0.497 e. The average molecular weight is 463 g/mol. The van der Waals surface area contributed by atoms with Crippen molar-refractivity contribution in [1.29, 1.82) is 0 Å². The molecule has 11 heteroatoms. The van der Waals surface area contributed by atoms with Crippen molar-refractivity contribution in [1.82, 2.24) is 5.43 Å². The average Bonchev–Trinajstić information content (AvgIpc) is 2.74. The van der Waals surface area contributed by atoms with Gasteiger partial charge in [-0.25, -0.2) is 13.8 Å². The Morgan fingerprint density at radius 2 is 1.69 bits per heavy atom. The Kier molecular flexibility index (Phi) is 8.19. The van der Waals surface area contributed by atoms with E-state index in [1.165, 1.54) is 33.3 Å². The molecule has 2 aromatic carbocycles. The minimum absolute atomic E-state index is 0.181. The van der Waals surface area contributed by atoms with Crippen LogP contribution in [-0.4, -0.2) is 53.0 Å².